The predicted octanol–water partition coefficient (Wildman–Crippen LogP) is 2.56. The first kappa shape index (κ1) is 15.3. The van der Waals surface area contributed by atoms with Crippen LogP contribution in [0.15, 0.2) is 22.7 Å². The molecule has 0 bridgehead atoms. The van der Waals surface area contributed by atoms with Crippen LogP contribution in [0, 0.1) is 0 Å². The Morgan fingerprint density at radius 1 is 1.35 bits per heavy atom. The normalized spacial score (nSPS) is 20.2. The molecule has 0 aliphatic carbocycles. The number of likely N-dealkylation sites (N-methyl/N-ethyl adjacent to an activating group) is 1. The minimum atomic E-state index is -0.568. The third-order valence-electron chi connectivity index (χ3n) is 3.95. The van der Waals surface area contributed by atoms with E-state index in [1.54, 1.807) is 11.8 Å². The largest absolute Gasteiger partial charge is 0.389 e. The van der Waals surface area contributed by atoms with Crippen molar-refractivity contribution in [1.29, 1.82) is 0 Å². The number of aliphatic hydroxyl groups excluding tert-OH is 1. The highest BCUT2D eigenvalue weighted by molar-refractivity contribution is 9.10. The molecule has 0 saturated carbocycles. The summed E-state index contributed by atoms with van der Waals surface area (Å²) in [7, 11) is 1.84. The van der Waals surface area contributed by atoms with Crippen LogP contribution >= 0.6 is 15.9 Å². The molecule has 2 rings (SSSR count). The van der Waals surface area contributed by atoms with Crippen molar-refractivity contribution in [2.75, 3.05) is 25.0 Å². The van der Waals surface area contributed by atoms with E-state index in [0.29, 0.717) is 6.54 Å². The number of piperazine rings is 1. The van der Waals surface area contributed by atoms with Gasteiger partial charge in [0.15, 0.2) is 0 Å². The summed E-state index contributed by atoms with van der Waals surface area (Å²) in [5, 5.41) is 9.63. The lowest BCUT2D eigenvalue weighted by molar-refractivity contribution is -0.136. The molecule has 1 amide bonds. The van der Waals surface area contributed by atoms with E-state index in [9.17, 15) is 9.90 Å². The maximum atomic E-state index is 12.3. The molecule has 4 nitrogen and oxygen atoms in total. The molecule has 1 N–H and O–H groups in total. The number of rotatable bonds is 2. The van der Waals surface area contributed by atoms with Gasteiger partial charge in [0, 0.05) is 24.6 Å². The Morgan fingerprint density at radius 3 is 2.55 bits per heavy atom. The van der Waals surface area contributed by atoms with Crippen molar-refractivity contribution in [2.24, 2.45) is 0 Å². The van der Waals surface area contributed by atoms with Crippen molar-refractivity contribution in [1.82, 2.24) is 4.90 Å². The predicted molar refractivity (Wildman–Crippen MR) is 83.8 cm³/mol. The summed E-state index contributed by atoms with van der Waals surface area (Å²) in [4.78, 5) is 16.2. The van der Waals surface area contributed by atoms with Crippen LogP contribution in [0.1, 0.15) is 32.4 Å². The number of aliphatic hydroxyl groups is 1. The summed E-state index contributed by atoms with van der Waals surface area (Å²) in [6.45, 7) is 7.14. The van der Waals surface area contributed by atoms with Crippen molar-refractivity contribution in [3.8, 4) is 0 Å². The zero-order valence-corrected chi connectivity index (χ0v) is 13.9. The first-order valence-electron chi connectivity index (χ1n) is 6.76. The number of amides is 1. The van der Waals surface area contributed by atoms with Crippen LogP contribution < -0.4 is 4.90 Å². The highest BCUT2D eigenvalue weighted by atomic mass is 79.9. The van der Waals surface area contributed by atoms with E-state index in [1.165, 1.54) is 0 Å². The smallest absolute Gasteiger partial charge is 0.247 e. The Kier molecular flexibility index (Phi) is 4.12. The van der Waals surface area contributed by atoms with Crippen LogP contribution in [-0.4, -0.2) is 41.6 Å². The van der Waals surface area contributed by atoms with Gasteiger partial charge in [-0.05, 0) is 54.4 Å². The number of nitrogens with zero attached hydrogens (tertiary/aromatic N) is 2. The first-order valence-corrected chi connectivity index (χ1v) is 7.55. The van der Waals surface area contributed by atoms with Gasteiger partial charge in [0.2, 0.25) is 5.91 Å². The lowest BCUT2D eigenvalue weighted by atomic mass is 9.96. The molecule has 20 heavy (non-hydrogen) atoms. The lowest BCUT2D eigenvalue weighted by Crippen LogP contribution is -2.62. The summed E-state index contributed by atoms with van der Waals surface area (Å²) in [6, 6.07) is 5.79. The molecule has 1 unspecified atom stereocenters. The summed E-state index contributed by atoms with van der Waals surface area (Å²) in [6.07, 6.45) is -0.498. The van der Waals surface area contributed by atoms with Gasteiger partial charge in [-0.2, -0.15) is 0 Å². The van der Waals surface area contributed by atoms with Crippen LogP contribution in [0.25, 0.3) is 0 Å². The van der Waals surface area contributed by atoms with Crippen molar-refractivity contribution in [3.05, 3.63) is 28.2 Å². The highest BCUT2D eigenvalue weighted by Crippen LogP contribution is 2.35. The molecule has 1 atom stereocenters. The molecular weight excluding hydrogens is 320 g/mol. The molecule has 0 aromatic heterocycles. The van der Waals surface area contributed by atoms with Gasteiger partial charge in [0.05, 0.1) is 11.8 Å². The Morgan fingerprint density at radius 2 is 2.00 bits per heavy atom. The number of benzene rings is 1. The Bertz CT molecular complexity index is 529. The average Bonchev–Trinajstić information content (AvgIpc) is 2.37. The van der Waals surface area contributed by atoms with Crippen molar-refractivity contribution >= 4 is 27.5 Å². The van der Waals surface area contributed by atoms with Crippen molar-refractivity contribution < 1.29 is 9.90 Å². The molecule has 1 fully saturated rings. The van der Waals surface area contributed by atoms with E-state index in [-0.39, 0.29) is 5.91 Å². The van der Waals surface area contributed by atoms with E-state index >= 15 is 0 Å². The molecule has 1 heterocycles. The van der Waals surface area contributed by atoms with E-state index in [2.05, 4.69) is 20.8 Å². The fourth-order valence-electron chi connectivity index (χ4n) is 2.64. The Balaban J connectivity index is 2.39. The maximum absolute atomic E-state index is 12.3. The average molecular weight is 341 g/mol. The van der Waals surface area contributed by atoms with Gasteiger partial charge < -0.3 is 14.9 Å². The number of carbonyl (C=O) groups excluding carboxylic acids is 1. The standard InChI is InChI=1S/C15H21BrN2O2/c1-10(19)11-5-6-13(12(16)9-11)18-8-7-17(4)14(20)15(18,2)3/h5-6,9-10,19H,7-8H2,1-4H3. The summed E-state index contributed by atoms with van der Waals surface area (Å²) < 4.78 is 0.904. The summed E-state index contributed by atoms with van der Waals surface area (Å²) >= 11 is 3.56. The molecule has 1 aliphatic rings. The number of halogens is 1. The van der Waals surface area contributed by atoms with Gasteiger partial charge in [-0.25, -0.2) is 0 Å². The quantitative estimate of drug-likeness (QED) is 0.899. The van der Waals surface area contributed by atoms with Crippen LogP contribution in [0.3, 0.4) is 0 Å². The van der Waals surface area contributed by atoms with Gasteiger partial charge in [-0.15, -0.1) is 0 Å². The zero-order valence-electron chi connectivity index (χ0n) is 12.4. The molecule has 0 radical (unpaired) electrons. The zero-order chi connectivity index (χ0) is 15.1. The number of hydrogen-bond donors (Lipinski definition) is 1. The third kappa shape index (κ3) is 2.56. The van der Waals surface area contributed by atoms with Crippen LogP contribution in [0.2, 0.25) is 0 Å². The molecule has 0 spiro atoms. The summed E-state index contributed by atoms with van der Waals surface area (Å²) in [5.41, 5.74) is 1.28. The SMILES string of the molecule is CC(O)c1ccc(N2CCN(C)C(=O)C2(C)C)c(Br)c1. The topological polar surface area (TPSA) is 43.8 Å². The van der Waals surface area contributed by atoms with E-state index in [4.69, 9.17) is 0 Å². The van der Waals surface area contributed by atoms with Gasteiger partial charge in [0.1, 0.15) is 5.54 Å². The Hall–Kier alpha value is -1.07. The maximum Gasteiger partial charge on any atom is 0.247 e. The second kappa shape index (κ2) is 5.37. The minimum Gasteiger partial charge on any atom is -0.389 e. The van der Waals surface area contributed by atoms with Gasteiger partial charge in [-0.1, -0.05) is 6.07 Å². The van der Waals surface area contributed by atoms with Crippen LogP contribution in [0.5, 0.6) is 0 Å². The lowest BCUT2D eigenvalue weighted by Gasteiger charge is -2.46. The minimum absolute atomic E-state index is 0.121. The van der Waals surface area contributed by atoms with Gasteiger partial charge >= 0.3 is 0 Å². The number of carbonyl (C=O) groups is 1. The second-order valence-electron chi connectivity index (χ2n) is 5.82. The van der Waals surface area contributed by atoms with E-state index < -0.39 is 11.6 Å². The molecular formula is C15H21BrN2O2. The van der Waals surface area contributed by atoms with Gasteiger partial charge in [0.25, 0.3) is 0 Å². The third-order valence-corrected chi connectivity index (χ3v) is 4.58. The second-order valence-corrected chi connectivity index (χ2v) is 6.68. The molecule has 1 aromatic rings. The van der Waals surface area contributed by atoms with E-state index in [1.807, 2.05) is 39.1 Å². The molecule has 1 aliphatic heterocycles. The molecule has 1 aromatic carbocycles. The van der Waals surface area contributed by atoms with Gasteiger partial charge in [-0.3, -0.25) is 4.79 Å². The van der Waals surface area contributed by atoms with E-state index in [0.717, 1.165) is 22.3 Å². The fraction of sp³-hybridized carbons (Fsp3) is 0.533. The highest BCUT2D eigenvalue weighted by Gasteiger charge is 2.41. The Labute approximate surface area is 128 Å². The monoisotopic (exact) mass is 340 g/mol. The van der Waals surface area contributed by atoms with Crippen LogP contribution in [0.4, 0.5) is 5.69 Å². The number of hydrogen-bond acceptors (Lipinski definition) is 3. The number of anilines is 1. The summed E-state index contributed by atoms with van der Waals surface area (Å²) in [5.74, 6) is 0.121. The van der Waals surface area contributed by atoms with Crippen LogP contribution in [-0.2, 0) is 4.79 Å². The molecule has 1 saturated heterocycles. The van der Waals surface area contributed by atoms with Crippen molar-refractivity contribution in [3.63, 3.8) is 0 Å². The molecule has 110 valence electrons. The molecule has 5 heteroatoms. The first-order chi connectivity index (χ1) is 9.25. The van der Waals surface area contributed by atoms with Crippen molar-refractivity contribution in [2.45, 2.75) is 32.4 Å². The fourth-order valence-corrected chi connectivity index (χ4v) is 3.25.